The average Bonchev–Trinajstić information content (AvgIpc) is 3.11. The highest BCUT2D eigenvalue weighted by Gasteiger charge is 2.44. The lowest BCUT2D eigenvalue weighted by Gasteiger charge is -2.45. The molecule has 0 radical (unpaired) electrons. The van der Waals surface area contributed by atoms with E-state index in [1.165, 1.54) is 17.5 Å². The van der Waals surface area contributed by atoms with Gasteiger partial charge >= 0.3 is 0 Å². The minimum Gasteiger partial charge on any atom is -0.490 e. The normalized spacial score (nSPS) is 25.2. The number of hydrogen-bond donors (Lipinski definition) is 1. The summed E-state index contributed by atoms with van der Waals surface area (Å²) in [6, 6.07) is 11.5. The Balaban J connectivity index is 1.49. The molecular weight excluding hydrogens is 580 g/mol. The van der Waals surface area contributed by atoms with Crippen molar-refractivity contribution in [2.24, 2.45) is 23.7 Å². The molecule has 1 spiro atoms. The molecule has 8 heteroatoms. The maximum Gasteiger partial charge on any atom is 0.264 e. The molecule has 1 fully saturated rings. The highest BCUT2D eigenvalue weighted by Crippen LogP contribution is 2.47. The Morgan fingerprint density at radius 1 is 1.19 bits per heavy atom. The van der Waals surface area contributed by atoms with E-state index in [2.05, 4.69) is 47.9 Å². The molecule has 0 saturated heterocycles. The number of hydrogen-bond acceptors (Lipinski definition) is 5. The summed E-state index contributed by atoms with van der Waals surface area (Å²) in [6.45, 7) is 15.6. The number of fused-ring (bicyclic) bond motifs is 3. The zero-order valence-corrected chi connectivity index (χ0v) is 27.2. The van der Waals surface area contributed by atoms with Crippen molar-refractivity contribution in [3.63, 3.8) is 0 Å². The Hall–Kier alpha value is -2.77. The van der Waals surface area contributed by atoms with E-state index in [1.54, 1.807) is 19.1 Å². The highest BCUT2D eigenvalue weighted by atomic mass is 35.5. The van der Waals surface area contributed by atoms with Gasteiger partial charge in [0.2, 0.25) is 10.0 Å². The van der Waals surface area contributed by atoms with Crippen molar-refractivity contribution in [3.8, 4) is 5.75 Å². The molecule has 43 heavy (non-hydrogen) atoms. The second-order valence-corrected chi connectivity index (χ2v) is 15.5. The van der Waals surface area contributed by atoms with Crippen LogP contribution in [0.3, 0.4) is 0 Å². The van der Waals surface area contributed by atoms with Crippen LogP contribution in [0.1, 0.15) is 74.4 Å². The number of allylic oxidation sites excluding steroid dienone is 2. The molecule has 6 nitrogen and oxygen atoms in total. The first kappa shape index (κ1) is 31.6. The van der Waals surface area contributed by atoms with Crippen molar-refractivity contribution in [3.05, 3.63) is 83.4 Å². The van der Waals surface area contributed by atoms with E-state index >= 15 is 0 Å². The average molecular weight is 625 g/mol. The lowest BCUT2D eigenvalue weighted by molar-refractivity contribution is 0.0981. The maximum atomic E-state index is 13.4. The summed E-state index contributed by atoms with van der Waals surface area (Å²) in [5.74, 6) is 1.41. The topological polar surface area (TPSA) is 75.7 Å². The molecule has 2 aromatic rings. The van der Waals surface area contributed by atoms with E-state index in [4.69, 9.17) is 16.3 Å². The summed E-state index contributed by atoms with van der Waals surface area (Å²) in [5, 5.41) is 0.0113. The largest absolute Gasteiger partial charge is 0.490 e. The number of carbonyl (C=O) groups excluding carboxylic acids is 1. The summed E-state index contributed by atoms with van der Waals surface area (Å²) in [7, 11) is -3.88. The third kappa shape index (κ3) is 6.39. The molecule has 1 amide bonds. The summed E-state index contributed by atoms with van der Waals surface area (Å²) in [4.78, 5) is 15.8. The lowest BCUT2D eigenvalue weighted by Crippen LogP contribution is -2.49. The van der Waals surface area contributed by atoms with Crippen LogP contribution in [0.2, 0.25) is 5.02 Å². The zero-order chi connectivity index (χ0) is 30.9. The van der Waals surface area contributed by atoms with Crippen LogP contribution >= 0.6 is 11.6 Å². The fraction of sp³-hybridized carbons (Fsp3) is 0.514. The molecule has 232 valence electrons. The first-order valence-electron chi connectivity index (χ1n) is 15.6. The van der Waals surface area contributed by atoms with Crippen molar-refractivity contribution >= 4 is 33.2 Å². The van der Waals surface area contributed by atoms with E-state index in [0.29, 0.717) is 36.3 Å². The number of anilines is 1. The third-order valence-corrected chi connectivity index (χ3v) is 12.5. The van der Waals surface area contributed by atoms with Crippen LogP contribution in [0.25, 0.3) is 0 Å². The summed E-state index contributed by atoms with van der Waals surface area (Å²) in [6.07, 6.45) is 9.68. The number of amides is 1. The Morgan fingerprint density at radius 2 is 1.98 bits per heavy atom. The molecule has 2 unspecified atom stereocenters. The fourth-order valence-corrected chi connectivity index (χ4v) is 8.75. The van der Waals surface area contributed by atoms with Gasteiger partial charge in [-0.2, -0.15) is 0 Å². The second kappa shape index (κ2) is 12.7. The fourth-order valence-electron chi connectivity index (χ4n) is 7.27. The number of nitrogens with one attached hydrogen (secondary N) is 1. The van der Waals surface area contributed by atoms with Crippen LogP contribution in [0.5, 0.6) is 5.75 Å². The van der Waals surface area contributed by atoms with Crippen molar-refractivity contribution < 1.29 is 17.9 Å². The van der Waals surface area contributed by atoms with Crippen molar-refractivity contribution in [2.75, 3.05) is 24.6 Å². The van der Waals surface area contributed by atoms with E-state index in [9.17, 15) is 13.2 Å². The van der Waals surface area contributed by atoms with Gasteiger partial charge in [-0.15, -0.1) is 13.2 Å². The van der Waals surface area contributed by atoms with Gasteiger partial charge in [0.15, 0.2) is 0 Å². The van der Waals surface area contributed by atoms with Gasteiger partial charge in [0.1, 0.15) is 5.75 Å². The van der Waals surface area contributed by atoms with Gasteiger partial charge in [-0.25, -0.2) is 13.1 Å². The predicted octanol–water partition coefficient (Wildman–Crippen LogP) is 7.32. The van der Waals surface area contributed by atoms with E-state index in [-0.39, 0.29) is 11.3 Å². The first-order valence-corrected chi connectivity index (χ1v) is 17.5. The van der Waals surface area contributed by atoms with E-state index in [0.717, 1.165) is 55.2 Å². The number of aryl methyl sites for hydroxylation is 1. The highest BCUT2D eigenvalue weighted by molar-refractivity contribution is 7.90. The molecule has 2 aliphatic carbocycles. The standard InChI is InChI=1S/C35H45ClN2O4S/c1-6-9-24(4)25(5)43(40,41)37-34(39)27-12-16-33-32(19-27)38(20-28-11-14-30(28)23(3)7-2)21-35(22-42-33)17-8-10-26-18-29(36)13-15-31(26)35/h6-7,12-13,15-16,18-19,23-25,28,30H,1-2,8-11,14,17,20-22H2,3-5H3,(H,37,39)/t23-,24-,25+,28?,30?,35-/m0/s1. The SMILES string of the molecule is C=CC[C@H](C)[C@@H](C)S(=O)(=O)NC(=O)c1ccc2c(c1)N(CC1CCC1[C@@H](C)C=C)C[C@@]1(CCCc3cc(Cl)ccc31)CO2. The van der Waals surface area contributed by atoms with Crippen molar-refractivity contribution in [2.45, 2.75) is 70.0 Å². The number of sulfonamides is 1. The molecule has 3 aliphatic rings. The molecule has 1 saturated carbocycles. The molecule has 2 aromatic carbocycles. The smallest absolute Gasteiger partial charge is 0.264 e. The second-order valence-electron chi connectivity index (χ2n) is 13.1. The van der Waals surface area contributed by atoms with E-state index in [1.807, 2.05) is 25.1 Å². The molecule has 6 atom stereocenters. The minimum absolute atomic E-state index is 0.170. The van der Waals surface area contributed by atoms with Crippen LogP contribution in [-0.2, 0) is 21.9 Å². The number of rotatable bonds is 10. The van der Waals surface area contributed by atoms with Gasteiger partial charge in [0.05, 0.1) is 17.5 Å². The Morgan fingerprint density at radius 3 is 2.67 bits per heavy atom. The summed E-state index contributed by atoms with van der Waals surface area (Å²) >= 11 is 6.40. The Bertz CT molecular complexity index is 1490. The number of halogens is 1. The minimum atomic E-state index is -3.88. The van der Waals surface area contributed by atoms with Crippen molar-refractivity contribution in [1.82, 2.24) is 4.72 Å². The monoisotopic (exact) mass is 624 g/mol. The van der Waals surface area contributed by atoms with Crippen LogP contribution in [0.4, 0.5) is 5.69 Å². The van der Waals surface area contributed by atoms with Gasteiger partial charge in [0, 0.05) is 29.1 Å². The Labute approximate surface area is 262 Å². The molecule has 5 rings (SSSR count). The van der Waals surface area contributed by atoms with Crippen LogP contribution < -0.4 is 14.4 Å². The van der Waals surface area contributed by atoms with E-state index < -0.39 is 21.2 Å². The van der Waals surface area contributed by atoms with Crippen molar-refractivity contribution in [1.29, 1.82) is 0 Å². The van der Waals surface area contributed by atoms with Gasteiger partial charge in [-0.05, 0) is 111 Å². The van der Waals surface area contributed by atoms with Gasteiger partial charge in [-0.1, -0.05) is 43.7 Å². The van der Waals surface area contributed by atoms with Crippen LogP contribution in [0.15, 0.2) is 61.7 Å². The van der Waals surface area contributed by atoms with Gasteiger partial charge < -0.3 is 9.64 Å². The van der Waals surface area contributed by atoms with Crippen LogP contribution in [0, 0.1) is 23.7 Å². The lowest BCUT2D eigenvalue weighted by atomic mass is 9.66. The number of ether oxygens (including phenoxy) is 1. The molecule has 1 aliphatic heterocycles. The van der Waals surface area contributed by atoms with Crippen LogP contribution in [-0.4, -0.2) is 39.3 Å². The molecule has 1 N–H and O–H groups in total. The predicted molar refractivity (Wildman–Crippen MR) is 176 cm³/mol. The van der Waals surface area contributed by atoms with Gasteiger partial charge in [-0.3, -0.25) is 4.79 Å². The number of benzene rings is 2. The van der Waals surface area contributed by atoms with Gasteiger partial charge in [0.25, 0.3) is 5.91 Å². The molecular formula is C35H45ClN2O4S. The molecule has 1 heterocycles. The maximum absolute atomic E-state index is 13.4. The molecule has 0 aromatic heterocycles. The first-order chi connectivity index (χ1) is 20.5. The molecule has 0 bridgehead atoms. The third-order valence-electron chi connectivity index (χ3n) is 10.3. The summed E-state index contributed by atoms with van der Waals surface area (Å²) < 4.78 is 35.1. The number of carbonyl (C=O) groups is 1. The summed E-state index contributed by atoms with van der Waals surface area (Å²) in [5.41, 5.74) is 3.49. The Kier molecular flexibility index (Phi) is 9.34. The quantitative estimate of drug-likeness (QED) is 0.280. The zero-order valence-electron chi connectivity index (χ0n) is 25.7. The number of nitrogens with zero attached hydrogens (tertiary/aromatic N) is 1.